The van der Waals surface area contributed by atoms with Gasteiger partial charge in [-0.05, 0) is 30.9 Å². The Hall–Kier alpha value is -1.55. The third-order valence-corrected chi connectivity index (χ3v) is 3.08. The molecule has 1 aliphatic heterocycles. The highest BCUT2D eigenvalue weighted by Crippen LogP contribution is 2.19. The SMILES string of the molecule is COc1ccccc1CCC(=O)N1CCCCO1. The second-order valence-electron chi connectivity index (χ2n) is 4.35. The Morgan fingerprint density at radius 1 is 1.39 bits per heavy atom. The first-order chi connectivity index (χ1) is 8.81. The Balaban J connectivity index is 1.88. The minimum atomic E-state index is 0.0561. The van der Waals surface area contributed by atoms with E-state index in [1.807, 2.05) is 24.3 Å². The molecule has 0 radical (unpaired) electrons. The third-order valence-electron chi connectivity index (χ3n) is 3.08. The second-order valence-corrected chi connectivity index (χ2v) is 4.35. The van der Waals surface area contributed by atoms with E-state index < -0.39 is 0 Å². The number of para-hydroxylation sites is 1. The monoisotopic (exact) mass is 249 g/mol. The number of amides is 1. The topological polar surface area (TPSA) is 38.8 Å². The van der Waals surface area contributed by atoms with Crippen LogP contribution in [-0.2, 0) is 16.1 Å². The van der Waals surface area contributed by atoms with Crippen molar-refractivity contribution in [2.24, 2.45) is 0 Å². The molecule has 0 aromatic heterocycles. The summed E-state index contributed by atoms with van der Waals surface area (Å²) in [5.41, 5.74) is 1.06. The Morgan fingerprint density at radius 2 is 2.22 bits per heavy atom. The van der Waals surface area contributed by atoms with E-state index in [0.29, 0.717) is 26.0 Å². The molecule has 1 aromatic rings. The molecule has 0 atom stereocenters. The van der Waals surface area contributed by atoms with Crippen LogP contribution in [0.25, 0.3) is 0 Å². The van der Waals surface area contributed by atoms with Crippen LogP contribution >= 0.6 is 0 Å². The normalized spacial score (nSPS) is 15.5. The number of methoxy groups -OCH3 is 1. The van der Waals surface area contributed by atoms with Crippen molar-refractivity contribution >= 4 is 5.91 Å². The van der Waals surface area contributed by atoms with Crippen LogP contribution in [0.15, 0.2) is 24.3 Å². The molecule has 0 unspecified atom stereocenters. The average molecular weight is 249 g/mol. The maximum atomic E-state index is 11.9. The predicted octanol–water partition coefficient (Wildman–Crippen LogP) is 2.18. The molecule has 0 saturated carbocycles. The van der Waals surface area contributed by atoms with E-state index >= 15 is 0 Å². The number of benzene rings is 1. The van der Waals surface area contributed by atoms with Crippen molar-refractivity contribution in [2.45, 2.75) is 25.7 Å². The van der Waals surface area contributed by atoms with E-state index in [0.717, 1.165) is 24.2 Å². The fourth-order valence-corrected chi connectivity index (χ4v) is 2.07. The quantitative estimate of drug-likeness (QED) is 0.821. The summed E-state index contributed by atoms with van der Waals surface area (Å²) in [6.07, 6.45) is 3.21. The second kappa shape index (κ2) is 6.40. The number of hydroxylamine groups is 2. The lowest BCUT2D eigenvalue weighted by atomic mass is 10.1. The number of ether oxygens (including phenoxy) is 1. The lowest BCUT2D eigenvalue weighted by Crippen LogP contribution is -2.35. The van der Waals surface area contributed by atoms with E-state index in [1.165, 1.54) is 5.06 Å². The molecule has 1 aromatic carbocycles. The Bertz CT molecular complexity index is 400. The van der Waals surface area contributed by atoms with Gasteiger partial charge in [-0.1, -0.05) is 18.2 Å². The standard InChI is InChI=1S/C14H19NO3/c1-17-13-7-3-2-6-12(13)8-9-14(16)15-10-4-5-11-18-15/h2-3,6-7H,4-5,8-11H2,1H3. The molecule has 4 heteroatoms. The molecule has 0 aliphatic carbocycles. The molecule has 1 saturated heterocycles. The van der Waals surface area contributed by atoms with Crippen molar-refractivity contribution in [3.05, 3.63) is 29.8 Å². The summed E-state index contributed by atoms with van der Waals surface area (Å²) in [7, 11) is 1.65. The minimum absolute atomic E-state index is 0.0561. The first-order valence-electron chi connectivity index (χ1n) is 6.36. The van der Waals surface area contributed by atoms with Crippen molar-refractivity contribution < 1.29 is 14.4 Å². The zero-order chi connectivity index (χ0) is 12.8. The molecule has 1 heterocycles. The molecular formula is C14H19NO3. The molecule has 98 valence electrons. The molecule has 4 nitrogen and oxygen atoms in total. The maximum absolute atomic E-state index is 11.9. The van der Waals surface area contributed by atoms with Crippen LogP contribution in [0.5, 0.6) is 5.75 Å². The zero-order valence-electron chi connectivity index (χ0n) is 10.7. The Kier molecular flexibility index (Phi) is 4.59. The lowest BCUT2D eigenvalue weighted by Gasteiger charge is -2.25. The largest absolute Gasteiger partial charge is 0.496 e. The van der Waals surface area contributed by atoms with Gasteiger partial charge in [0.15, 0.2) is 0 Å². The first-order valence-corrected chi connectivity index (χ1v) is 6.36. The number of carbonyl (C=O) groups is 1. The number of carbonyl (C=O) groups excluding carboxylic acids is 1. The number of hydrogen-bond donors (Lipinski definition) is 0. The summed E-state index contributed by atoms with van der Waals surface area (Å²) >= 11 is 0. The van der Waals surface area contributed by atoms with Crippen molar-refractivity contribution in [1.29, 1.82) is 0 Å². The van der Waals surface area contributed by atoms with Gasteiger partial charge in [0.05, 0.1) is 13.7 Å². The van der Waals surface area contributed by atoms with Crippen molar-refractivity contribution in [3.63, 3.8) is 0 Å². The predicted molar refractivity (Wildman–Crippen MR) is 68.2 cm³/mol. The molecule has 1 amide bonds. The van der Waals surface area contributed by atoms with Gasteiger partial charge in [-0.15, -0.1) is 0 Å². The molecule has 0 N–H and O–H groups in total. The highest BCUT2D eigenvalue weighted by atomic mass is 16.7. The molecule has 18 heavy (non-hydrogen) atoms. The highest BCUT2D eigenvalue weighted by molar-refractivity contribution is 5.75. The van der Waals surface area contributed by atoms with E-state index in [2.05, 4.69) is 0 Å². The summed E-state index contributed by atoms with van der Waals surface area (Å²) in [6, 6.07) is 7.79. The van der Waals surface area contributed by atoms with Crippen LogP contribution in [0, 0.1) is 0 Å². The van der Waals surface area contributed by atoms with Crippen LogP contribution in [0.1, 0.15) is 24.8 Å². The van der Waals surface area contributed by atoms with Gasteiger partial charge in [0, 0.05) is 13.0 Å². The Morgan fingerprint density at radius 3 is 2.94 bits per heavy atom. The smallest absolute Gasteiger partial charge is 0.246 e. The van der Waals surface area contributed by atoms with Crippen molar-refractivity contribution in [1.82, 2.24) is 5.06 Å². The van der Waals surface area contributed by atoms with Crippen LogP contribution in [0.4, 0.5) is 0 Å². The molecule has 2 rings (SSSR count). The van der Waals surface area contributed by atoms with Gasteiger partial charge in [-0.3, -0.25) is 9.63 Å². The number of rotatable bonds is 4. The summed E-state index contributed by atoms with van der Waals surface area (Å²) in [4.78, 5) is 17.3. The fourth-order valence-electron chi connectivity index (χ4n) is 2.07. The first kappa shape index (κ1) is 12.9. The van der Waals surface area contributed by atoms with Gasteiger partial charge in [0.25, 0.3) is 0 Å². The minimum Gasteiger partial charge on any atom is -0.496 e. The van der Waals surface area contributed by atoms with Crippen LogP contribution in [0.3, 0.4) is 0 Å². The summed E-state index contributed by atoms with van der Waals surface area (Å²) in [6.45, 7) is 1.37. The molecular weight excluding hydrogens is 230 g/mol. The van der Waals surface area contributed by atoms with Crippen LogP contribution in [-0.4, -0.2) is 31.2 Å². The average Bonchev–Trinajstić information content (AvgIpc) is 2.46. The number of nitrogens with zero attached hydrogens (tertiary/aromatic N) is 1. The van der Waals surface area contributed by atoms with Crippen molar-refractivity contribution in [2.75, 3.05) is 20.3 Å². The van der Waals surface area contributed by atoms with Gasteiger partial charge < -0.3 is 4.74 Å². The van der Waals surface area contributed by atoms with E-state index in [-0.39, 0.29) is 5.91 Å². The zero-order valence-corrected chi connectivity index (χ0v) is 10.7. The van der Waals surface area contributed by atoms with Gasteiger partial charge in [-0.25, -0.2) is 5.06 Å². The van der Waals surface area contributed by atoms with E-state index in [9.17, 15) is 4.79 Å². The summed E-state index contributed by atoms with van der Waals surface area (Å²) in [5.74, 6) is 0.894. The molecule has 1 fully saturated rings. The van der Waals surface area contributed by atoms with Crippen LogP contribution < -0.4 is 4.74 Å². The summed E-state index contributed by atoms with van der Waals surface area (Å²) < 4.78 is 5.27. The Labute approximate surface area is 107 Å². The van der Waals surface area contributed by atoms with Gasteiger partial charge >= 0.3 is 0 Å². The van der Waals surface area contributed by atoms with Gasteiger partial charge in [-0.2, -0.15) is 0 Å². The van der Waals surface area contributed by atoms with E-state index in [4.69, 9.17) is 9.57 Å². The highest BCUT2D eigenvalue weighted by Gasteiger charge is 2.17. The maximum Gasteiger partial charge on any atom is 0.246 e. The van der Waals surface area contributed by atoms with Gasteiger partial charge in [0.2, 0.25) is 5.91 Å². The van der Waals surface area contributed by atoms with Crippen molar-refractivity contribution in [3.8, 4) is 5.75 Å². The number of aryl methyl sites for hydroxylation is 1. The lowest BCUT2D eigenvalue weighted by molar-refractivity contribution is -0.197. The molecule has 0 bridgehead atoms. The van der Waals surface area contributed by atoms with Crippen LogP contribution in [0.2, 0.25) is 0 Å². The molecule has 1 aliphatic rings. The summed E-state index contributed by atoms with van der Waals surface area (Å²) in [5, 5.41) is 1.50. The van der Waals surface area contributed by atoms with Gasteiger partial charge in [0.1, 0.15) is 5.75 Å². The number of hydrogen-bond acceptors (Lipinski definition) is 3. The third kappa shape index (κ3) is 3.23. The molecule has 0 spiro atoms. The fraction of sp³-hybridized carbons (Fsp3) is 0.500. The van der Waals surface area contributed by atoms with E-state index in [1.54, 1.807) is 7.11 Å².